The molecule has 3 unspecified atom stereocenters. The van der Waals surface area contributed by atoms with E-state index in [0.717, 1.165) is 18.4 Å². The first-order chi connectivity index (χ1) is 13.4. The Balaban J connectivity index is 1.78. The molecule has 148 valence electrons. The van der Waals surface area contributed by atoms with E-state index in [1.54, 1.807) is 43.3 Å². The molecule has 0 aromatic heterocycles. The smallest absolute Gasteiger partial charge is 0.265 e. The SMILES string of the molecule is CCCC(NC(=O)c1ccc(Cl)cc1)C(N)c1ccc2c(c1)NC(=O)C(C)O2. The molecule has 4 N–H and O–H groups in total. The average Bonchev–Trinajstić information content (AvgIpc) is 2.68. The first kappa shape index (κ1) is 20.2. The Hall–Kier alpha value is -2.57. The average molecular weight is 402 g/mol. The highest BCUT2D eigenvalue weighted by molar-refractivity contribution is 6.30. The first-order valence-electron chi connectivity index (χ1n) is 9.32. The predicted octanol–water partition coefficient (Wildman–Crippen LogP) is 3.66. The molecule has 0 fully saturated rings. The second kappa shape index (κ2) is 8.63. The number of halogens is 1. The van der Waals surface area contributed by atoms with Crippen molar-refractivity contribution in [1.82, 2.24) is 5.32 Å². The van der Waals surface area contributed by atoms with Crippen LogP contribution in [0.15, 0.2) is 42.5 Å². The number of anilines is 1. The summed E-state index contributed by atoms with van der Waals surface area (Å²) in [5.41, 5.74) is 8.41. The standard InChI is InChI=1S/C21H24ClN3O3/c1-3-4-16(24-21(27)13-5-8-15(22)9-6-13)19(23)14-7-10-18-17(11-14)25-20(26)12(2)28-18/h5-12,16,19H,3-4,23H2,1-2H3,(H,24,27)(H,25,26). The lowest BCUT2D eigenvalue weighted by atomic mass is 9.95. The number of hydrogen-bond acceptors (Lipinski definition) is 4. The van der Waals surface area contributed by atoms with E-state index in [1.165, 1.54) is 0 Å². The van der Waals surface area contributed by atoms with E-state index >= 15 is 0 Å². The van der Waals surface area contributed by atoms with E-state index in [1.807, 2.05) is 13.0 Å². The van der Waals surface area contributed by atoms with E-state index in [-0.39, 0.29) is 17.9 Å². The predicted molar refractivity (Wildman–Crippen MR) is 110 cm³/mol. The van der Waals surface area contributed by atoms with Gasteiger partial charge in [0.1, 0.15) is 5.75 Å². The first-order valence-corrected chi connectivity index (χ1v) is 9.70. The molecule has 3 rings (SSSR count). The summed E-state index contributed by atoms with van der Waals surface area (Å²) in [5.74, 6) is 0.216. The number of rotatable bonds is 6. The van der Waals surface area contributed by atoms with Crippen LogP contribution in [0, 0.1) is 0 Å². The molecule has 0 bridgehead atoms. The van der Waals surface area contributed by atoms with Gasteiger partial charge in [0.2, 0.25) is 0 Å². The van der Waals surface area contributed by atoms with Crippen LogP contribution in [0.4, 0.5) is 5.69 Å². The Morgan fingerprint density at radius 2 is 2.00 bits per heavy atom. The third-order valence-electron chi connectivity index (χ3n) is 4.78. The number of nitrogens with one attached hydrogen (secondary N) is 2. The zero-order valence-corrected chi connectivity index (χ0v) is 16.6. The highest BCUT2D eigenvalue weighted by atomic mass is 35.5. The fraction of sp³-hybridized carbons (Fsp3) is 0.333. The lowest BCUT2D eigenvalue weighted by Crippen LogP contribution is -2.42. The van der Waals surface area contributed by atoms with Gasteiger partial charge in [0.05, 0.1) is 11.7 Å². The van der Waals surface area contributed by atoms with Crippen LogP contribution >= 0.6 is 11.6 Å². The van der Waals surface area contributed by atoms with Gasteiger partial charge in [-0.05, 0) is 55.3 Å². The largest absolute Gasteiger partial charge is 0.479 e. The van der Waals surface area contributed by atoms with Gasteiger partial charge >= 0.3 is 0 Å². The molecule has 6 nitrogen and oxygen atoms in total. The van der Waals surface area contributed by atoms with Crippen molar-refractivity contribution >= 4 is 29.1 Å². The quantitative estimate of drug-likeness (QED) is 0.688. The molecule has 2 aromatic carbocycles. The molecular formula is C21H24ClN3O3. The number of carbonyl (C=O) groups excluding carboxylic acids is 2. The summed E-state index contributed by atoms with van der Waals surface area (Å²) < 4.78 is 5.59. The number of amides is 2. The highest BCUT2D eigenvalue weighted by Gasteiger charge is 2.26. The number of ether oxygens (including phenoxy) is 1. The third-order valence-corrected chi connectivity index (χ3v) is 5.03. The Labute approximate surface area is 169 Å². The molecular weight excluding hydrogens is 378 g/mol. The van der Waals surface area contributed by atoms with Gasteiger partial charge in [-0.25, -0.2) is 0 Å². The highest BCUT2D eigenvalue weighted by Crippen LogP contribution is 2.32. The Morgan fingerprint density at radius 3 is 2.68 bits per heavy atom. The van der Waals surface area contributed by atoms with Crippen LogP contribution in [0.25, 0.3) is 0 Å². The number of nitrogens with two attached hydrogens (primary N) is 1. The van der Waals surface area contributed by atoms with E-state index in [4.69, 9.17) is 22.1 Å². The fourth-order valence-corrected chi connectivity index (χ4v) is 3.30. The molecule has 7 heteroatoms. The second-order valence-corrected chi connectivity index (χ2v) is 7.34. The van der Waals surface area contributed by atoms with Crippen molar-refractivity contribution in [3.05, 3.63) is 58.6 Å². The number of hydrogen-bond donors (Lipinski definition) is 3. The monoisotopic (exact) mass is 401 g/mol. The molecule has 28 heavy (non-hydrogen) atoms. The van der Waals surface area contributed by atoms with Gasteiger partial charge < -0.3 is 21.1 Å². The van der Waals surface area contributed by atoms with Crippen molar-refractivity contribution in [2.45, 2.75) is 44.9 Å². The molecule has 1 aliphatic heterocycles. The molecule has 0 saturated carbocycles. The summed E-state index contributed by atoms with van der Waals surface area (Å²) in [7, 11) is 0. The zero-order chi connectivity index (χ0) is 20.3. The van der Waals surface area contributed by atoms with Gasteiger partial charge in [-0.15, -0.1) is 0 Å². The normalized spacial score (nSPS) is 17.7. The Bertz CT molecular complexity index is 870. The van der Waals surface area contributed by atoms with Crippen LogP contribution in [0.2, 0.25) is 5.02 Å². The van der Waals surface area contributed by atoms with Crippen LogP contribution in [0.5, 0.6) is 5.75 Å². The van der Waals surface area contributed by atoms with Crippen LogP contribution in [-0.2, 0) is 4.79 Å². The van der Waals surface area contributed by atoms with Gasteiger partial charge in [0.25, 0.3) is 11.8 Å². The molecule has 2 amide bonds. The van der Waals surface area contributed by atoms with Gasteiger partial charge in [0, 0.05) is 16.6 Å². The third kappa shape index (κ3) is 4.46. The van der Waals surface area contributed by atoms with Crippen molar-refractivity contribution in [2.75, 3.05) is 5.32 Å². The topological polar surface area (TPSA) is 93.5 Å². The van der Waals surface area contributed by atoms with Crippen LogP contribution in [-0.4, -0.2) is 24.0 Å². The molecule has 0 radical (unpaired) electrons. The molecule has 0 spiro atoms. The molecule has 1 aliphatic rings. The van der Waals surface area contributed by atoms with E-state index in [0.29, 0.717) is 22.0 Å². The minimum atomic E-state index is -0.529. The maximum Gasteiger partial charge on any atom is 0.265 e. The van der Waals surface area contributed by atoms with Gasteiger partial charge in [-0.1, -0.05) is 31.0 Å². The lowest BCUT2D eigenvalue weighted by Gasteiger charge is -2.28. The molecule has 0 aliphatic carbocycles. The molecule has 2 aromatic rings. The minimum absolute atomic E-state index is 0.195. The molecule has 0 saturated heterocycles. The number of benzene rings is 2. The van der Waals surface area contributed by atoms with Gasteiger partial charge in [-0.2, -0.15) is 0 Å². The second-order valence-electron chi connectivity index (χ2n) is 6.91. The summed E-state index contributed by atoms with van der Waals surface area (Å²) >= 11 is 5.89. The van der Waals surface area contributed by atoms with Crippen LogP contribution in [0.1, 0.15) is 48.7 Å². The minimum Gasteiger partial charge on any atom is -0.479 e. The summed E-state index contributed by atoms with van der Waals surface area (Å²) in [6.07, 6.45) is 1.05. The van der Waals surface area contributed by atoms with Gasteiger partial charge in [0.15, 0.2) is 6.10 Å². The molecule has 1 heterocycles. The zero-order valence-electron chi connectivity index (χ0n) is 15.9. The van der Waals surface area contributed by atoms with Crippen molar-refractivity contribution in [2.24, 2.45) is 5.73 Å². The molecule has 3 atom stereocenters. The Kier molecular flexibility index (Phi) is 6.21. The van der Waals surface area contributed by atoms with E-state index in [9.17, 15) is 9.59 Å². The summed E-state index contributed by atoms with van der Waals surface area (Å²) in [6.45, 7) is 3.73. The maximum absolute atomic E-state index is 12.6. The number of fused-ring (bicyclic) bond motifs is 1. The fourth-order valence-electron chi connectivity index (χ4n) is 3.17. The van der Waals surface area contributed by atoms with Crippen molar-refractivity contribution in [3.63, 3.8) is 0 Å². The van der Waals surface area contributed by atoms with Gasteiger partial charge in [-0.3, -0.25) is 9.59 Å². The summed E-state index contributed by atoms with van der Waals surface area (Å²) in [6, 6.07) is 11.5. The lowest BCUT2D eigenvalue weighted by molar-refractivity contribution is -0.122. The van der Waals surface area contributed by atoms with Crippen molar-refractivity contribution in [1.29, 1.82) is 0 Å². The number of carbonyl (C=O) groups is 2. The van der Waals surface area contributed by atoms with Crippen molar-refractivity contribution in [3.8, 4) is 5.75 Å². The van der Waals surface area contributed by atoms with Crippen LogP contribution in [0.3, 0.4) is 0 Å². The van der Waals surface area contributed by atoms with E-state index in [2.05, 4.69) is 10.6 Å². The maximum atomic E-state index is 12.6. The van der Waals surface area contributed by atoms with Crippen molar-refractivity contribution < 1.29 is 14.3 Å². The summed E-state index contributed by atoms with van der Waals surface area (Å²) in [4.78, 5) is 24.5. The Morgan fingerprint density at radius 1 is 1.29 bits per heavy atom. The van der Waals surface area contributed by atoms with Crippen LogP contribution < -0.4 is 21.1 Å². The van der Waals surface area contributed by atoms with E-state index < -0.39 is 12.1 Å². The summed E-state index contributed by atoms with van der Waals surface area (Å²) in [5, 5.41) is 6.43.